The summed E-state index contributed by atoms with van der Waals surface area (Å²) in [7, 11) is 0. The van der Waals surface area contributed by atoms with Crippen LogP contribution < -0.4 is 44.6 Å². The van der Waals surface area contributed by atoms with Crippen LogP contribution in [0.2, 0.25) is 0 Å². The molecule has 34 heavy (non-hydrogen) atoms. The van der Waals surface area contributed by atoms with E-state index in [4.69, 9.17) is 33.8 Å². The van der Waals surface area contributed by atoms with Crippen LogP contribution in [-0.2, 0) is 19.2 Å². The molecule has 0 bridgehead atoms. The molecule has 194 valence electrons. The minimum absolute atomic E-state index is 0.0543. The summed E-state index contributed by atoms with van der Waals surface area (Å²) in [5, 5.41) is 25.6. The van der Waals surface area contributed by atoms with Crippen molar-refractivity contribution in [2.24, 2.45) is 38.7 Å². The zero-order chi connectivity index (χ0) is 26.3. The number of aliphatic hydroxyl groups excluding tert-OH is 1. The molecule has 0 heterocycles. The summed E-state index contributed by atoms with van der Waals surface area (Å²) in [5.74, 6) is -3.82. The van der Waals surface area contributed by atoms with Gasteiger partial charge in [0.1, 0.15) is 6.04 Å². The maximum atomic E-state index is 12.5. The van der Waals surface area contributed by atoms with Crippen LogP contribution in [-0.4, -0.2) is 89.7 Å². The molecule has 0 aliphatic rings. The molecule has 0 saturated carbocycles. The highest BCUT2D eigenvalue weighted by atomic mass is 16.4. The molecule has 3 amide bonds. The zero-order valence-electron chi connectivity index (χ0n) is 19.1. The maximum Gasteiger partial charge on any atom is 0.328 e. The van der Waals surface area contributed by atoms with Crippen LogP contribution in [0.25, 0.3) is 0 Å². The Balaban J connectivity index is 4.91. The second kappa shape index (κ2) is 16.0. The van der Waals surface area contributed by atoms with E-state index < -0.39 is 54.5 Å². The van der Waals surface area contributed by atoms with Crippen molar-refractivity contribution >= 4 is 35.6 Å². The van der Waals surface area contributed by atoms with Gasteiger partial charge in [0, 0.05) is 13.1 Å². The molecule has 0 aromatic carbocycles. The number of carbonyl (C=O) groups is 4. The van der Waals surface area contributed by atoms with Gasteiger partial charge in [0.25, 0.3) is 0 Å². The van der Waals surface area contributed by atoms with Gasteiger partial charge in [-0.05, 0) is 32.6 Å². The summed E-state index contributed by atoms with van der Waals surface area (Å²) < 4.78 is 0. The number of nitrogens with two attached hydrogens (primary N) is 5. The van der Waals surface area contributed by atoms with Crippen LogP contribution in [0.3, 0.4) is 0 Å². The number of carboxylic acid groups (broad SMARTS) is 1. The van der Waals surface area contributed by atoms with E-state index in [0.717, 1.165) is 0 Å². The third kappa shape index (κ3) is 13.7. The molecular formula is C18H36N10O6. The first-order valence-electron chi connectivity index (χ1n) is 10.5. The lowest BCUT2D eigenvalue weighted by Gasteiger charge is -2.23. The topological polar surface area (TPSA) is 300 Å². The lowest BCUT2D eigenvalue weighted by atomic mass is 10.1. The molecular weight excluding hydrogens is 452 g/mol. The quantitative estimate of drug-likeness (QED) is 0.0556. The molecule has 0 rings (SSSR count). The Hall–Kier alpha value is -3.66. The third-order valence-electron chi connectivity index (χ3n) is 4.37. The van der Waals surface area contributed by atoms with Crippen molar-refractivity contribution in [1.82, 2.24) is 16.0 Å². The van der Waals surface area contributed by atoms with Crippen LogP contribution in [0.5, 0.6) is 0 Å². The minimum Gasteiger partial charge on any atom is -0.480 e. The van der Waals surface area contributed by atoms with E-state index in [1.807, 2.05) is 0 Å². The van der Waals surface area contributed by atoms with Gasteiger partial charge < -0.3 is 54.8 Å². The highest BCUT2D eigenvalue weighted by Crippen LogP contribution is 2.02. The third-order valence-corrected chi connectivity index (χ3v) is 4.37. The maximum absolute atomic E-state index is 12.5. The van der Waals surface area contributed by atoms with Crippen molar-refractivity contribution in [1.29, 1.82) is 0 Å². The standard InChI is InChI=1S/C18H36N10O6/c1-9(29)13(16(33)34)28-15(32)11(5-3-7-25-18(22)23)27-12(30)8-26-14(31)10(19)4-2-6-24-17(20)21/h9-11,13,29H,2-8,19H2,1H3,(H,26,31)(H,27,30)(H,28,32)(H,33,34)(H4,20,21,24)(H4,22,23,25). The Morgan fingerprint density at radius 2 is 1.41 bits per heavy atom. The van der Waals surface area contributed by atoms with Gasteiger partial charge in [0.05, 0.1) is 18.7 Å². The van der Waals surface area contributed by atoms with Gasteiger partial charge in [0.15, 0.2) is 18.0 Å². The van der Waals surface area contributed by atoms with Gasteiger partial charge in [-0.15, -0.1) is 0 Å². The smallest absolute Gasteiger partial charge is 0.328 e. The molecule has 4 atom stereocenters. The number of hydrogen-bond donors (Lipinski definition) is 10. The fourth-order valence-corrected chi connectivity index (χ4v) is 2.61. The van der Waals surface area contributed by atoms with Crippen molar-refractivity contribution in [2.75, 3.05) is 19.6 Å². The van der Waals surface area contributed by atoms with Crippen LogP contribution in [0.4, 0.5) is 0 Å². The molecule has 0 fully saturated rings. The summed E-state index contributed by atoms with van der Waals surface area (Å²) in [6.45, 7) is 1.18. The summed E-state index contributed by atoms with van der Waals surface area (Å²) in [5.41, 5.74) is 26.7. The number of aliphatic hydroxyl groups is 1. The number of aliphatic imine (C=N–C) groups is 2. The summed E-state index contributed by atoms with van der Waals surface area (Å²) >= 11 is 0. The average molecular weight is 489 g/mol. The number of nitrogens with one attached hydrogen (secondary N) is 3. The van der Waals surface area contributed by atoms with Gasteiger partial charge in [-0.2, -0.15) is 0 Å². The Labute approximate surface area is 196 Å². The molecule has 0 aromatic heterocycles. The number of nitrogens with zero attached hydrogens (tertiary/aromatic N) is 2. The second-order valence-corrected chi connectivity index (χ2v) is 7.41. The van der Waals surface area contributed by atoms with E-state index in [1.54, 1.807) is 0 Å². The van der Waals surface area contributed by atoms with E-state index in [-0.39, 0.29) is 37.7 Å². The highest BCUT2D eigenvalue weighted by Gasteiger charge is 2.29. The van der Waals surface area contributed by atoms with Crippen LogP contribution >= 0.6 is 0 Å². The first-order valence-corrected chi connectivity index (χ1v) is 10.5. The van der Waals surface area contributed by atoms with Crippen molar-refractivity contribution in [2.45, 2.75) is 56.8 Å². The zero-order valence-corrected chi connectivity index (χ0v) is 19.1. The number of carboxylic acids is 1. The second-order valence-electron chi connectivity index (χ2n) is 7.41. The van der Waals surface area contributed by atoms with Crippen LogP contribution in [0.15, 0.2) is 9.98 Å². The van der Waals surface area contributed by atoms with Gasteiger partial charge in [-0.1, -0.05) is 0 Å². The molecule has 0 aliphatic heterocycles. The molecule has 0 saturated heterocycles. The van der Waals surface area contributed by atoms with Gasteiger partial charge in [0.2, 0.25) is 17.7 Å². The fourth-order valence-electron chi connectivity index (χ4n) is 2.61. The molecule has 0 spiro atoms. The predicted molar refractivity (Wildman–Crippen MR) is 124 cm³/mol. The number of hydrogen-bond acceptors (Lipinski definition) is 8. The highest BCUT2D eigenvalue weighted by molar-refractivity contribution is 5.92. The van der Waals surface area contributed by atoms with Gasteiger partial charge in [-0.25, -0.2) is 4.79 Å². The van der Waals surface area contributed by atoms with Crippen molar-refractivity contribution < 1.29 is 29.4 Å². The van der Waals surface area contributed by atoms with E-state index in [2.05, 4.69) is 25.9 Å². The van der Waals surface area contributed by atoms with E-state index in [9.17, 15) is 24.3 Å². The Bertz CT molecular complexity index is 750. The lowest BCUT2D eigenvalue weighted by molar-refractivity contribution is -0.145. The molecule has 16 heteroatoms. The van der Waals surface area contributed by atoms with Gasteiger partial charge >= 0.3 is 5.97 Å². The molecule has 4 unspecified atom stereocenters. The number of guanidine groups is 2. The summed E-state index contributed by atoms with van der Waals surface area (Å²) in [4.78, 5) is 55.7. The minimum atomic E-state index is -1.58. The van der Waals surface area contributed by atoms with E-state index in [1.165, 1.54) is 6.92 Å². The summed E-state index contributed by atoms with van der Waals surface area (Å²) in [6, 6.07) is -3.66. The lowest BCUT2D eigenvalue weighted by Crippen LogP contribution is -2.56. The number of carbonyl (C=O) groups excluding carboxylic acids is 3. The van der Waals surface area contributed by atoms with Crippen molar-refractivity contribution in [3.8, 4) is 0 Å². The largest absolute Gasteiger partial charge is 0.480 e. The first kappa shape index (κ1) is 30.3. The van der Waals surface area contributed by atoms with E-state index in [0.29, 0.717) is 13.0 Å². The number of aliphatic carboxylic acids is 1. The Morgan fingerprint density at radius 3 is 1.88 bits per heavy atom. The molecule has 0 aliphatic carbocycles. The predicted octanol–water partition coefficient (Wildman–Crippen LogP) is -5.03. The Kier molecular flexibility index (Phi) is 14.3. The molecule has 15 N–H and O–H groups in total. The molecule has 16 nitrogen and oxygen atoms in total. The van der Waals surface area contributed by atoms with Crippen molar-refractivity contribution in [3.63, 3.8) is 0 Å². The van der Waals surface area contributed by atoms with Gasteiger partial charge in [-0.3, -0.25) is 24.4 Å². The SMILES string of the molecule is CC(O)C(NC(=O)C(CCCN=C(N)N)NC(=O)CNC(=O)C(N)CCCN=C(N)N)C(=O)O. The monoisotopic (exact) mass is 488 g/mol. The number of amides is 3. The van der Waals surface area contributed by atoms with Crippen LogP contribution in [0.1, 0.15) is 32.6 Å². The number of rotatable bonds is 16. The van der Waals surface area contributed by atoms with Crippen molar-refractivity contribution in [3.05, 3.63) is 0 Å². The fraction of sp³-hybridized carbons (Fsp3) is 0.667. The van der Waals surface area contributed by atoms with Crippen LogP contribution in [0, 0.1) is 0 Å². The normalized spacial score (nSPS) is 14.0. The Morgan fingerprint density at radius 1 is 0.882 bits per heavy atom. The van der Waals surface area contributed by atoms with E-state index >= 15 is 0 Å². The average Bonchev–Trinajstić information content (AvgIpc) is 2.74. The summed E-state index contributed by atoms with van der Waals surface area (Å²) in [6.07, 6.45) is -0.331. The molecule has 0 radical (unpaired) electrons. The first-order chi connectivity index (χ1) is 15.8. The molecule has 0 aromatic rings.